The van der Waals surface area contributed by atoms with Crippen molar-refractivity contribution in [3.63, 3.8) is 0 Å². The van der Waals surface area contributed by atoms with E-state index in [1.54, 1.807) is 0 Å². The molecule has 1 aromatic rings. The van der Waals surface area contributed by atoms with Crippen LogP contribution in [0.4, 0.5) is 5.69 Å². The lowest BCUT2D eigenvalue weighted by Gasteiger charge is -2.36. The highest BCUT2D eigenvalue weighted by atomic mass is 15.1. The van der Waals surface area contributed by atoms with Gasteiger partial charge in [-0.3, -0.25) is 0 Å². The van der Waals surface area contributed by atoms with E-state index in [9.17, 15) is 0 Å². The van der Waals surface area contributed by atoms with E-state index >= 15 is 0 Å². The molecule has 2 rings (SSSR count). The van der Waals surface area contributed by atoms with Gasteiger partial charge in [0.05, 0.1) is 0 Å². The van der Waals surface area contributed by atoms with Crippen LogP contribution in [-0.4, -0.2) is 0 Å². The van der Waals surface area contributed by atoms with Crippen LogP contribution in [-0.2, 0) is 5.41 Å². The van der Waals surface area contributed by atoms with Gasteiger partial charge in [-0.05, 0) is 104 Å². The molecule has 1 fully saturated rings. The topological polar surface area (TPSA) is 3.24 Å². The largest absolute Gasteiger partial charge is 0.311 e. The van der Waals surface area contributed by atoms with Gasteiger partial charge in [0.15, 0.2) is 0 Å². The fourth-order valence-corrected chi connectivity index (χ4v) is 5.13. The van der Waals surface area contributed by atoms with Crippen LogP contribution in [0.3, 0.4) is 0 Å². The Morgan fingerprint density at radius 2 is 1.35 bits per heavy atom. The monoisotopic (exact) mass is 575 g/mol. The molecule has 0 unspecified atom stereocenters. The molecule has 1 nitrogen and oxygen atoms in total. The molecule has 0 spiro atoms. The van der Waals surface area contributed by atoms with Crippen LogP contribution in [0, 0.1) is 0 Å². The van der Waals surface area contributed by atoms with E-state index in [1.807, 2.05) is 12.2 Å². The first-order chi connectivity index (χ1) is 20.9. The van der Waals surface area contributed by atoms with Crippen LogP contribution >= 0.6 is 0 Å². The molecule has 1 saturated carbocycles. The number of benzene rings is 1. The Kier molecular flexibility index (Phi) is 18.9. The number of hydrogen-bond acceptors (Lipinski definition) is 1. The summed E-state index contributed by atoms with van der Waals surface area (Å²) in [6, 6.07) is 9.32. The highest BCUT2D eigenvalue weighted by Crippen LogP contribution is 2.42. The molecule has 0 radical (unpaired) electrons. The summed E-state index contributed by atoms with van der Waals surface area (Å²) in [5.41, 5.74) is 7.49. The Hall–Kier alpha value is -3.84. The van der Waals surface area contributed by atoms with Gasteiger partial charge in [-0.1, -0.05) is 122 Å². The molecule has 0 aromatic heterocycles. The lowest BCUT2D eigenvalue weighted by atomic mass is 9.69. The van der Waals surface area contributed by atoms with E-state index < -0.39 is 0 Å². The van der Waals surface area contributed by atoms with Gasteiger partial charge in [-0.25, -0.2) is 0 Å². The van der Waals surface area contributed by atoms with Gasteiger partial charge in [-0.15, -0.1) is 13.2 Å². The fourth-order valence-electron chi connectivity index (χ4n) is 5.13. The van der Waals surface area contributed by atoms with Crippen molar-refractivity contribution in [2.24, 2.45) is 0 Å². The molecule has 0 amide bonds. The average Bonchev–Trinajstić information content (AvgIpc) is 3.02. The van der Waals surface area contributed by atoms with E-state index in [0.717, 1.165) is 23.5 Å². The Morgan fingerprint density at radius 1 is 0.698 bits per heavy atom. The third-order valence-corrected chi connectivity index (χ3v) is 7.56. The zero-order chi connectivity index (χ0) is 31.9. The van der Waals surface area contributed by atoms with Crippen LogP contribution in [0.5, 0.6) is 0 Å². The predicted molar refractivity (Wildman–Crippen MR) is 196 cm³/mol. The normalized spacial score (nSPS) is 16.8. The maximum absolute atomic E-state index is 3.48. The summed E-state index contributed by atoms with van der Waals surface area (Å²) in [7, 11) is 0. The van der Waals surface area contributed by atoms with Gasteiger partial charge in [0.25, 0.3) is 0 Å². The molecule has 0 aliphatic heterocycles. The number of rotatable bonds is 13. The van der Waals surface area contributed by atoms with Gasteiger partial charge < -0.3 is 4.90 Å². The Morgan fingerprint density at radius 3 is 1.86 bits per heavy atom. The molecule has 0 heterocycles. The second kappa shape index (κ2) is 21.8. The number of nitrogens with zero attached hydrogens (tertiary/aromatic N) is 1. The van der Waals surface area contributed by atoms with E-state index in [4.69, 9.17) is 0 Å². The summed E-state index contributed by atoms with van der Waals surface area (Å²) in [4.78, 5) is 2.34. The van der Waals surface area contributed by atoms with E-state index in [1.165, 1.54) is 48.8 Å². The van der Waals surface area contributed by atoms with Crippen molar-refractivity contribution in [3.05, 3.63) is 163 Å². The highest BCUT2D eigenvalue weighted by Gasteiger charge is 2.31. The molecule has 230 valence electrons. The molecule has 1 aliphatic rings. The molecule has 1 aliphatic carbocycles. The number of hydrogen-bond donors (Lipinski definition) is 0. The standard InChI is InChI=1S/C37H49N.C5H8/c1-8-13-21-35(19-10-3)38(34(12-5)25-22-31(6)11-4)36-26-23-33(24-27-36)37(28-15-14-16-29-37)30-17-20-32(7)18-9-2;1-3-5-4-2/h8-13,17-27,30H,14-16,28-29H2,1-7H3;3-4H,1-2,5H2/b13-8+,18-9-,19-10-,25-22-,30-17+,31-11-,32-20-,34-12+,35-21+;. The van der Waals surface area contributed by atoms with Gasteiger partial charge >= 0.3 is 0 Å². The molecule has 0 saturated heterocycles. The Balaban J connectivity index is 0.00000170. The van der Waals surface area contributed by atoms with Crippen LogP contribution in [0.1, 0.15) is 92.6 Å². The molecular formula is C42H57N. The average molecular weight is 576 g/mol. The lowest BCUT2D eigenvalue weighted by molar-refractivity contribution is 0.357. The van der Waals surface area contributed by atoms with Gasteiger partial charge in [0, 0.05) is 22.5 Å². The van der Waals surface area contributed by atoms with E-state index in [2.05, 4.69) is 176 Å². The summed E-state index contributed by atoms with van der Waals surface area (Å²) >= 11 is 0. The van der Waals surface area contributed by atoms with Crippen molar-refractivity contribution in [2.45, 2.75) is 92.4 Å². The van der Waals surface area contributed by atoms with Crippen molar-refractivity contribution < 1.29 is 0 Å². The number of allylic oxidation sites excluding steroid dienone is 18. The third-order valence-electron chi connectivity index (χ3n) is 7.56. The zero-order valence-corrected chi connectivity index (χ0v) is 28.2. The second-order valence-electron chi connectivity index (χ2n) is 10.9. The minimum absolute atomic E-state index is 0.105. The lowest BCUT2D eigenvalue weighted by Crippen LogP contribution is -2.27. The van der Waals surface area contributed by atoms with E-state index in [0.29, 0.717) is 0 Å². The SMILES string of the molecule is C=CCC=C.C\C=C/C(C)=C\C=C\C1(c2ccc(N(C(/C=C\C(C)=C/C)=C/C)C(/C=C\C)=C/C=C/C)cc2)CCCCC1. The first-order valence-electron chi connectivity index (χ1n) is 15.9. The number of anilines is 1. The maximum Gasteiger partial charge on any atom is 0.0461 e. The Bertz CT molecular complexity index is 1240. The van der Waals surface area contributed by atoms with Crippen molar-refractivity contribution in [1.82, 2.24) is 0 Å². The molecule has 0 atom stereocenters. The molecule has 1 heteroatoms. The van der Waals surface area contributed by atoms with Crippen LogP contribution in [0.15, 0.2) is 157 Å². The van der Waals surface area contributed by atoms with Gasteiger partial charge in [0.2, 0.25) is 0 Å². The summed E-state index contributed by atoms with van der Waals surface area (Å²) in [5, 5.41) is 0. The first kappa shape index (κ1) is 37.2. The van der Waals surface area contributed by atoms with Gasteiger partial charge in [0.1, 0.15) is 0 Å². The van der Waals surface area contributed by atoms with Crippen LogP contribution in [0.2, 0.25) is 0 Å². The first-order valence-corrected chi connectivity index (χ1v) is 15.9. The molecule has 0 N–H and O–H groups in total. The van der Waals surface area contributed by atoms with E-state index in [-0.39, 0.29) is 5.41 Å². The van der Waals surface area contributed by atoms with Crippen molar-refractivity contribution in [1.29, 1.82) is 0 Å². The summed E-state index contributed by atoms with van der Waals surface area (Å²) in [5.74, 6) is 0. The summed E-state index contributed by atoms with van der Waals surface area (Å²) in [6.45, 7) is 21.6. The van der Waals surface area contributed by atoms with Crippen LogP contribution < -0.4 is 4.90 Å². The van der Waals surface area contributed by atoms with Crippen LogP contribution in [0.25, 0.3) is 0 Å². The van der Waals surface area contributed by atoms with Crippen molar-refractivity contribution in [2.75, 3.05) is 4.90 Å². The maximum atomic E-state index is 3.48. The highest BCUT2D eigenvalue weighted by molar-refractivity contribution is 5.64. The Labute approximate surface area is 265 Å². The predicted octanol–water partition coefficient (Wildman–Crippen LogP) is 13.0. The molecule has 1 aromatic carbocycles. The fraction of sp³-hybridized carbons (Fsp3) is 0.333. The molecule has 0 bridgehead atoms. The third kappa shape index (κ3) is 12.9. The van der Waals surface area contributed by atoms with Crippen molar-refractivity contribution in [3.8, 4) is 0 Å². The zero-order valence-electron chi connectivity index (χ0n) is 28.2. The minimum Gasteiger partial charge on any atom is -0.311 e. The van der Waals surface area contributed by atoms with Gasteiger partial charge in [-0.2, -0.15) is 0 Å². The molecular weight excluding hydrogens is 518 g/mol. The quantitative estimate of drug-likeness (QED) is 0.167. The van der Waals surface area contributed by atoms with Crippen molar-refractivity contribution >= 4 is 5.69 Å². The summed E-state index contributed by atoms with van der Waals surface area (Å²) in [6.07, 6.45) is 41.5. The minimum atomic E-state index is 0.105. The second-order valence-corrected chi connectivity index (χ2v) is 10.9. The smallest absolute Gasteiger partial charge is 0.0461 e. The molecule has 43 heavy (non-hydrogen) atoms. The summed E-state index contributed by atoms with van der Waals surface area (Å²) < 4.78 is 0.